The second kappa shape index (κ2) is 5.63. The first-order valence-corrected chi connectivity index (χ1v) is 6.50. The molecule has 0 aliphatic heterocycles. The van der Waals surface area contributed by atoms with Crippen LogP contribution in [0.5, 0.6) is 5.75 Å². The summed E-state index contributed by atoms with van der Waals surface area (Å²) in [5.74, 6) is 0.899. The van der Waals surface area contributed by atoms with Crippen LogP contribution in [0.2, 0.25) is 5.02 Å². The molecule has 0 unspecified atom stereocenters. The number of hydrogen-bond acceptors (Lipinski definition) is 2. The zero-order chi connectivity index (χ0) is 13.9. The van der Waals surface area contributed by atoms with Gasteiger partial charge in [-0.15, -0.1) is 0 Å². The van der Waals surface area contributed by atoms with E-state index in [-0.39, 0.29) is 5.41 Å². The first-order chi connectivity index (χ1) is 8.25. The minimum atomic E-state index is -0.0359. The molecule has 0 saturated carbocycles. The van der Waals surface area contributed by atoms with E-state index >= 15 is 0 Å². The summed E-state index contributed by atoms with van der Waals surface area (Å²) >= 11 is 6.23. The van der Waals surface area contributed by atoms with E-state index in [1.165, 1.54) is 0 Å². The second-order valence-corrected chi connectivity index (χ2v) is 6.31. The molecule has 0 heterocycles. The molecule has 2 nitrogen and oxygen atoms in total. The van der Waals surface area contributed by atoms with E-state index < -0.39 is 0 Å². The lowest BCUT2D eigenvalue weighted by molar-refractivity contribution is 0.270. The van der Waals surface area contributed by atoms with Gasteiger partial charge in [0.15, 0.2) is 5.75 Å². The Morgan fingerprint density at radius 3 is 2.39 bits per heavy atom. The molecule has 0 amide bonds. The molecule has 98 valence electrons. The highest BCUT2D eigenvalue weighted by Crippen LogP contribution is 2.34. The molecule has 0 aliphatic rings. The predicted octanol–water partition coefficient (Wildman–Crippen LogP) is 4.54. The number of benzene rings is 1. The lowest BCUT2D eigenvalue weighted by Crippen LogP contribution is -2.12. The SMILES string of the molecule is CC(C)COc1c(Cl)cc(C(C)(C)C)cc1C#N. The fourth-order valence-electron chi connectivity index (χ4n) is 1.51. The summed E-state index contributed by atoms with van der Waals surface area (Å²) in [6, 6.07) is 5.91. The van der Waals surface area contributed by atoms with Crippen LogP contribution in [0.1, 0.15) is 45.7 Å². The van der Waals surface area contributed by atoms with Crippen LogP contribution in [-0.4, -0.2) is 6.61 Å². The van der Waals surface area contributed by atoms with Crippen LogP contribution in [-0.2, 0) is 5.41 Å². The van der Waals surface area contributed by atoms with E-state index in [0.717, 1.165) is 5.56 Å². The third-order valence-electron chi connectivity index (χ3n) is 2.59. The van der Waals surface area contributed by atoms with E-state index in [9.17, 15) is 5.26 Å². The van der Waals surface area contributed by atoms with Gasteiger partial charge in [-0.05, 0) is 29.0 Å². The molecule has 0 fully saturated rings. The number of nitriles is 1. The third-order valence-corrected chi connectivity index (χ3v) is 2.87. The quantitative estimate of drug-likeness (QED) is 0.804. The molecule has 0 aliphatic carbocycles. The number of halogens is 1. The minimum Gasteiger partial charge on any atom is -0.490 e. The molecule has 0 N–H and O–H groups in total. The zero-order valence-electron chi connectivity index (χ0n) is 11.7. The summed E-state index contributed by atoms with van der Waals surface area (Å²) < 4.78 is 5.63. The molecular weight excluding hydrogens is 246 g/mol. The first-order valence-electron chi connectivity index (χ1n) is 6.12. The van der Waals surface area contributed by atoms with Crippen LogP contribution >= 0.6 is 11.6 Å². The van der Waals surface area contributed by atoms with Crippen LogP contribution < -0.4 is 4.74 Å². The summed E-state index contributed by atoms with van der Waals surface area (Å²) in [6.07, 6.45) is 0. The van der Waals surface area contributed by atoms with Crippen molar-refractivity contribution >= 4 is 11.6 Å². The maximum absolute atomic E-state index is 9.21. The number of hydrogen-bond donors (Lipinski definition) is 0. The van der Waals surface area contributed by atoms with Crippen molar-refractivity contribution in [3.8, 4) is 11.8 Å². The highest BCUT2D eigenvalue weighted by Gasteiger charge is 2.19. The van der Waals surface area contributed by atoms with Crippen LogP contribution in [0.3, 0.4) is 0 Å². The number of rotatable bonds is 3. The zero-order valence-corrected chi connectivity index (χ0v) is 12.4. The lowest BCUT2D eigenvalue weighted by atomic mass is 9.86. The Hall–Kier alpha value is -1.20. The Labute approximate surface area is 115 Å². The van der Waals surface area contributed by atoms with Gasteiger partial charge >= 0.3 is 0 Å². The van der Waals surface area contributed by atoms with Crippen molar-refractivity contribution in [2.75, 3.05) is 6.61 Å². The highest BCUT2D eigenvalue weighted by atomic mass is 35.5. The topological polar surface area (TPSA) is 33.0 Å². The molecule has 1 rings (SSSR count). The van der Waals surface area contributed by atoms with Gasteiger partial charge in [0.05, 0.1) is 17.2 Å². The molecule has 0 bridgehead atoms. The Morgan fingerprint density at radius 2 is 1.94 bits per heavy atom. The number of nitrogens with zero attached hydrogens (tertiary/aromatic N) is 1. The Kier molecular flexibility index (Phi) is 4.65. The molecule has 0 aromatic heterocycles. The van der Waals surface area contributed by atoms with Crippen molar-refractivity contribution in [2.24, 2.45) is 5.92 Å². The Morgan fingerprint density at radius 1 is 1.33 bits per heavy atom. The minimum absolute atomic E-state index is 0.0359. The van der Waals surface area contributed by atoms with Crippen LogP contribution in [0, 0.1) is 17.2 Å². The van der Waals surface area contributed by atoms with Gasteiger partial charge in [-0.2, -0.15) is 5.26 Å². The van der Waals surface area contributed by atoms with Crippen molar-refractivity contribution in [3.05, 3.63) is 28.3 Å². The summed E-state index contributed by atoms with van der Waals surface area (Å²) in [4.78, 5) is 0. The summed E-state index contributed by atoms with van der Waals surface area (Å²) in [5, 5.41) is 9.72. The van der Waals surface area contributed by atoms with Gasteiger partial charge in [0.1, 0.15) is 6.07 Å². The predicted molar refractivity (Wildman–Crippen MR) is 75.2 cm³/mol. The van der Waals surface area contributed by atoms with Crippen LogP contribution in [0.4, 0.5) is 0 Å². The standard InChI is InChI=1S/C15H20ClNO/c1-10(2)9-18-14-11(8-17)6-12(7-13(14)16)15(3,4)5/h6-7,10H,9H2,1-5H3. The molecule has 0 spiro atoms. The largest absolute Gasteiger partial charge is 0.490 e. The van der Waals surface area contributed by atoms with Crippen molar-refractivity contribution in [1.82, 2.24) is 0 Å². The van der Waals surface area contributed by atoms with Gasteiger partial charge in [0.25, 0.3) is 0 Å². The fraction of sp³-hybridized carbons (Fsp3) is 0.533. The Bertz CT molecular complexity index is 467. The normalized spacial score (nSPS) is 11.4. The smallest absolute Gasteiger partial charge is 0.155 e. The maximum atomic E-state index is 9.21. The van der Waals surface area contributed by atoms with E-state index in [2.05, 4.69) is 40.7 Å². The molecule has 1 aromatic carbocycles. The van der Waals surface area contributed by atoms with E-state index in [0.29, 0.717) is 28.9 Å². The average Bonchev–Trinajstić information content (AvgIpc) is 2.24. The van der Waals surface area contributed by atoms with Gasteiger partial charge in [0, 0.05) is 0 Å². The van der Waals surface area contributed by atoms with Gasteiger partial charge in [0.2, 0.25) is 0 Å². The van der Waals surface area contributed by atoms with Gasteiger partial charge < -0.3 is 4.74 Å². The van der Waals surface area contributed by atoms with Gasteiger partial charge in [-0.1, -0.05) is 46.2 Å². The van der Waals surface area contributed by atoms with E-state index in [1.807, 2.05) is 12.1 Å². The van der Waals surface area contributed by atoms with E-state index in [1.54, 1.807) is 0 Å². The molecular formula is C15H20ClNO. The van der Waals surface area contributed by atoms with Gasteiger partial charge in [-0.25, -0.2) is 0 Å². The molecule has 0 atom stereocenters. The monoisotopic (exact) mass is 265 g/mol. The molecule has 0 saturated heterocycles. The summed E-state index contributed by atoms with van der Waals surface area (Å²) in [5.41, 5.74) is 1.51. The average molecular weight is 266 g/mol. The Balaban J connectivity index is 3.18. The van der Waals surface area contributed by atoms with Crippen molar-refractivity contribution in [3.63, 3.8) is 0 Å². The molecule has 18 heavy (non-hydrogen) atoms. The second-order valence-electron chi connectivity index (χ2n) is 5.90. The van der Waals surface area contributed by atoms with Crippen molar-refractivity contribution < 1.29 is 4.74 Å². The fourth-order valence-corrected chi connectivity index (χ4v) is 1.78. The van der Waals surface area contributed by atoms with Crippen molar-refractivity contribution in [1.29, 1.82) is 5.26 Å². The maximum Gasteiger partial charge on any atom is 0.155 e. The lowest BCUT2D eigenvalue weighted by Gasteiger charge is -2.21. The molecule has 1 aromatic rings. The van der Waals surface area contributed by atoms with Crippen LogP contribution in [0.15, 0.2) is 12.1 Å². The van der Waals surface area contributed by atoms with E-state index in [4.69, 9.17) is 16.3 Å². The first kappa shape index (κ1) is 14.9. The molecule has 0 radical (unpaired) electrons. The molecule has 3 heteroatoms. The van der Waals surface area contributed by atoms with Crippen molar-refractivity contribution in [2.45, 2.75) is 40.0 Å². The third kappa shape index (κ3) is 3.65. The highest BCUT2D eigenvalue weighted by molar-refractivity contribution is 6.32. The van der Waals surface area contributed by atoms with Crippen LogP contribution in [0.25, 0.3) is 0 Å². The van der Waals surface area contributed by atoms with Gasteiger partial charge in [-0.3, -0.25) is 0 Å². The summed E-state index contributed by atoms with van der Waals surface area (Å²) in [7, 11) is 0. The number of ether oxygens (including phenoxy) is 1. The summed E-state index contributed by atoms with van der Waals surface area (Å²) in [6.45, 7) is 11.0.